The Kier molecular flexibility index (Phi) is 10.4. The minimum Gasteiger partial charge on any atom is -0.487 e. The van der Waals surface area contributed by atoms with Crippen molar-refractivity contribution in [2.45, 2.75) is 52.9 Å². The molecule has 0 aromatic heterocycles. The Morgan fingerprint density at radius 1 is 0.534 bits per heavy atom. The van der Waals surface area contributed by atoms with Crippen molar-refractivity contribution in [3.8, 4) is 23.0 Å². The molecule has 0 saturated carbocycles. The van der Waals surface area contributed by atoms with Gasteiger partial charge in [-0.05, 0) is 44.2 Å². The first-order chi connectivity index (χ1) is 27.0. The maximum absolute atomic E-state index is 13.8. The molecule has 5 aromatic carbocycles. The second-order valence-electron chi connectivity index (χ2n) is 13.5. The third-order valence-corrected chi connectivity index (χ3v) is 12.7. The van der Waals surface area contributed by atoms with Crippen LogP contribution in [-0.2, 0) is 35.8 Å². The quantitative estimate of drug-likeness (QED) is 0.0687. The van der Waals surface area contributed by atoms with Crippen molar-refractivity contribution in [1.29, 1.82) is 0 Å². The van der Waals surface area contributed by atoms with Crippen LogP contribution in [0.4, 0.5) is 17.1 Å². The summed E-state index contributed by atoms with van der Waals surface area (Å²) < 4.78 is 103. The average Bonchev–Trinajstić information content (AvgIpc) is 3.13. The van der Waals surface area contributed by atoms with Gasteiger partial charge in [-0.3, -0.25) is 30.3 Å². The minimum absolute atomic E-state index is 0.0285. The molecule has 22 heteroatoms. The van der Waals surface area contributed by atoms with Crippen LogP contribution in [0.15, 0.2) is 124 Å². The molecule has 0 N–H and O–H groups in total. The average molecular weight is 856 g/mol. The highest BCUT2D eigenvalue weighted by molar-refractivity contribution is 7.87. The fourth-order valence-corrected chi connectivity index (χ4v) is 9.95. The number of hydrogen-bond donors (Lipinski definition) is 0. The number of para-hydroxylation sites is 3. The van der Waals surface area contributed by atoms with Gasteiger partial charge in [-0.1, -0.05) is 55.5 Å². The fourth-order valence-electron chi connectivity index (χ4n) is 6.66. The molecule has 0 aliphatic carbocycles. The third kappa shape index (κ3) is 7.97. The normalized spacial score (nSPS) is 16.3. The molecule has 5 aromatic rings. The Balaban J connectivity index is 1.49. The molecule has 0 bridgehead atoms. The van der Waals surface area contributed by atoms with Crippen molar-refractivity contribution >= 4 is 47.4 Å². The molecule has 0 fully saturated rings. The van der Waals surface area contributed by atoms with Crippen LogP contribution in [0.25, 0.3) is 0 Å². The van der Waals surface area contributed by atoms with Crippen LogP contribution in [0.2, 0.25) is 0 Å². The number of nitrogens with zero attached hydrogens (tertiary/aromatic N) is 3. The maximum atomic E-state index is 13.8. The fraction of sp³-hybridized carbons (Fsp3) is 0.167. The van der Waals surface area contributed by atoms with E-state index in [0.717, 1.165) is 48.5 Å². The van der Waals surface area contributed by atoms with Gasteiger partial charge in [0.05, 0.1) is 14.8 Å². The number of fused-ring (bicyclic) bond motifs is 1. The molecule has 302 valence electrons. The molecule has 6 rings (SSSR count). The lowest BCUT2D eigenvalue weighted by Crippen LogP contribution is -2.43. The van der Waals surface area contributed by atoms with E-state index in [1.54, 1.807) is 20.8 Å². The Hall–Kier alpha value is -6.65. The van der Waals surface area contributed by atoms with Crippen molar-refractivity contribution in [2.24, 2.45) is 0 Å². The van der Waals surface area contributed by atoms with Crippen LogP contribution in [-0.4, -0.2) is 45.6 Å². The second kappa shape index (κ2) is 14.7. The van der Waals surface area contributed by atoms with Crippen molar-refractivity contribution < 1.29 is 57.3 Å². The summed E-state index contributed by atoms with van der Waals surface area (Å²) in [6.07, 6.45) is 0.0539. The van der Waals surface area contributed by atoms with Gasteiger partial charge in [0, 0.05) is 53.3 Å². The smallest absolute Gasteiger partial charge is 0.346 e. The predicted octanol–water partition coefficient (Wildman–Crippen LogP) is 6.58. The third-order valence-electron chi connectivity index (χ3n) is 8.87. The lowest BCUT2D eigenvalue weighted by atomic mass is 9.67. The number of ether oxygens (including phenoxy) is 1. The summed E-state index contributed by atoms with van der Waals surface area (Å²) in [5.41, 5.74) is -4.48. The summed E-state index contributed by atoms with van der Waals surface area (Å²) in [7, 11) is -14.8. The first kappa shape index (κ1) is 41.0. The van der Waals surface area contributed by atoms with Gasteiger partial charge in [-0.15, -0.1) is 0 Å². The van der Waals surface area contributed by atoms with E-state index in [1.165, 1.54) is 60.7 Å². The SMILES string of the molecule is CC1(C)CC(C)(c2ccc(OS(=O)(=O)c3ccccc3[N+](=O)[O-])cc2OS(=O)(=O)c2ccccc2[N+](=O)[O-])c2ccc(OS(=O)(=O)c3ccccc3[N+](=O)[O-])cc2O1. The zero-order valence-electron chi connectivity index (χ0n) is 30.2. The van der Waals surface area contributed by atoms with Gasteiger partial charge in [-0.25, -0.2) is 0 Å². The summed E-state index contributed by atoms with van der Waals surface area (Å²) in [5.74, 6) is -1.41. The maximum Gasteiger partial charge on any atom is 0.346 e. The molecule has 1 heterocycles. The largest absolute Gasteiger partial charge is 0.487 e. The number of hydrogen-bond acceptors (Lipinski definition) is 16. The van der Waals surface area contributed by atoms with Crippen LogP contribution in [0.5, 0.6) is 23.0 Å². The van der Waals surface area contributed by atoms with Gasteiger partial charge < -0.3 is 17.3 Å². The van der Waals surface area contributed by atoms with Gasteiger partial charge >= 0.3 is 30.4 Å². The van der Waals surface area contributed by atoms with E-state index in [2.05, 4.69) is 0 Å². The molecule has 19 nitrogen and oxygen atoms in total. The van der Waals surface area contributed by atoms with E-state index in [9.17, 15) is 55.6 Å². The molecular weight excluding hydrogens is 827 g/mol. The molecule has 0 saturated heterocycles. The van der Waals surface area contributed by atoms with Gasteiger partial charge in [0.15, 0.2) is 20.4 Å². The predicted molar refractivity (Wildman–Crippen MR) is 201 cm³/mol. The molecular formula is C36H29N3O16S3. The van der Waals surface area contributed by atoms with E-state index in [4.69, 9.17) is 17.3 Å². The molecule has 1 aliphatic rings. The first-order valence-electron chi connectivity index (χ1n) is 16.6. The lowest BCUT2D eigenvalue weighted by molar-refractivity contribution is -0.388. The molecule has 0 spiro atoms. The number of rotatable bonds is 13. The lowest BCUT2D eigenvalue weighted by Gasteiger charge is -2.45. The van der Waals surface area contributed by atoms with Crippen molar-refractivity contribution in [3.05, 3.63) is 151 Å². The summed E-state index contributed by atoms with van der Waals surface area (Å²) in [6, 6.07) is 20.3. The molecule has 0 radical (unpaired) electrons. The molecule has 1 aliphatic heterocycles. The Morgan fingerprint density at radius 2 is 0.914 bits per heavy atom. The highest BCUT2D eigenvalue weighted by Crippen LogP contribution is 2.53. The van der Waals surface area contributed by atoms with Crippen LogP contribution in [0, 0.1) is 30.3 Å². The zero-order valence-corrected chi connectivity index (χ0v) is 32.6. The van der Waals surface area contributed by atoms with Crippen LogP contribution >= 0.6 is 0 Å². The van der Waals surface area contributed by atoms with Crippen LogP contribution in [0.1, 0.15) is 38.3 Å². The van der Waals surface area contributed by atoms with Crippen LogP contribution < -0.4 is 17.3 Å². The highest BCUT2D eigenvalue weighted by atomic mass is 32.2. The van der Waals surface area contributed by atoms with E-state index >= 15 is 0 Å². The molecule has 58 heavy (non-hydrogen) atoms. The summed E-state index contributed by atoms with van der Waals surface area (Å²) in [4.78, 5) is 29.9. The number of nitro groups is 3. The molecule has 0 amide bonds. The number of benzene rings is 5. The Labute approximate surface area is 330 Å². The van der Waals surface area contributed by atoms with Gasteiger partial charge in [0.1, 0.15) is 22.8 Å². The second-order valence-corrected chi connectivity index (χ2v) is 18.0. The van der Waals surface area contributed by atoms with E-state index in [-0.39, 0.29) is 23.5 Å². The van der Waals surface area contributed by atoms with Gasteiger partial charge in [0.2, 0.25) is 0 Å². The van der Waals surface area contributed by atoms with Crippen molar-refractivity contribution in [1.82, 2.24) is 0 Å². The van der Waals surface area contributed by atoms with E-state index in [1.807, 2.05) is 0 Å². The summed E-state index contributed by atoms with van der Waals surface area (Å²) >= 11 is 0. The van der Waals surface area contributed by atoms with E-state index < -0.39 is 99.4 Å². The number of nitro benzene ring substituents is 3. The Morgan fingerprint density at radius 3 is 1.34 bits per heavy atom. The zero-order chi connectivity index (χ0) is 42.4. The molecule has 1 atom stereocenters. The Bertz CT molecular complexity index is 2860. The van der Waals surface area contributed by atoms with Crippen molar-refractivity contribution in [2.75, 3.05) is 0 Å². The monoisotopic (exact) mass is 855 g/mol. The topological polar surface area (TPSA) is 269 Å². The summed E-state index contributed by atoms with van der Waals surface area (Å²) in [6.45, 7) is 4.96. The van der Waals surface area contributed by atoms with Gasteiger partial charge in [-0.2, -0.15) is 25.3 Å². The van der Waals surface area contributed by atoms with Crippen molar-refractivity contribution in [3.63, 3.8) is 0 Å². The first-order valence-corrected chi connectivity index (χ1v) is 20.8. The van der Waals surface area contributed by atoms with E-state index in [0.29, 0.717) is 5.56 Å². The van der Waals surface area contributed by atoms with Gasteiger partial charge in [0.25, 0.3) is 17.1 Å². The molecule has 1 unspecified atom stereocenters. The van der Waals surface area contributed by atoms with Crippen LogP contribution in [0.3, 0.4) is 0 Å². The minimum atomic E-state index is -5.08. The highest BCUT2D eigenvalue weighted by Gasteiger charge is 2.46. The standard InChI is InChI=1S/C36H29N3O16S3/c1-35(2)22-36(3,25-18-16-23(20-30(25)52-35)53-56(46,47)32-13-7-4-10-27(32)37(40)41)26-19-17-24(54-57(48,49)33-14-8-5-11-28(33)38(42)43)21-31(26)55-58(50,51)34-15-9-6-12-29(34)39(44)45/h4-21H,22H2,1-3H3. The summed E-state index contributed by atoms with van der Waals surface area (Å²) in [5, 5.41) is 35.0.